The summed E-state index contributed by atoms with van der Waals surface area (Å²) in [5.74, 6) is 1.61. The number of ether oxygens (including phenoxy) is 1. The van der Waals surface area contributed by atoms with Crippen molar-refractivity contribution in [3.05, 3.63) is 54.3 Å². The summed E-state index contributed by atoms with van der Waals surface area (Å²) in [6, 6.07) is 15.9. The summed E-state index contributed by atoms with van der Waals surface area (Å²) in [6.45, 7) is 3.26. The van der Waals surface area contributed by atoms with Crippen molar-refractivity contribution in [1.29, 1.82) is 0 Å². The van der Waals surface area contributed by atoms with Gasteiger partial charge in [-0.05, 0) is 44.0 Å². The van der Waals surface area contributed by atoms with Crippen molar-refractivity contribution in [3.63, 3.8) is 0 Å². The first kappa shape index (κ1) is 19.8. The van der Waals surface area contributed by atoms with Crippen molar-refractivity contribution in [2.75, 3.05) is 26.7 Å². The number of carbonyl (C=O) groups is 1. The smallest absolute Gasteiger partial charge is 0.287 e. The number of carbonyl (C=O) groups excluding carboxylic acids is 1. The van der Waals surface area contributed by atoms with Crippen LogP contribution < -0.4 is 10.1 Å². The Morgan fingerprint density at radius 3 is 2.59 bits per heavy atom. The van der Waals surface area contributed by atoms with Gasteiger partial charge in [0.1, 0.15) is 11.3 Å². The number of fused-ring (bicyclic) bond motifs is 4. The number of nitrogens with zero attached hydrogens (tertiary/aromatic N) is 1. The molecule has 3 aromatic rings. The number of halogens is 1. The molecule has 1 unspecified atom stereocenters. The van der Waals surface area contributed by atoms with E-state index < -0.39 is 0 Å². The molecule has 1 amide bonds. The van der Waals surface area contributed by atoms with Crippen LogP contribution in [0.25, 0.3) is 22.1 Å². The number of amides is 1. The lowest BCUT2D eigenvalue weighted by molar-refractivity contribution is 0.0607. The molecule has 0 aliphatic carbocycles. The fraction of sp³-hybridized carbons (Fsp3) is 0.348. The lowest BCUT2D eigenvalue weighted by Gasteiger charge is -2.44. The fourth-order valence-electron chi connectivity index (χ4n) is 4.62. The highest BCUT2D eigenvalue weighted by Crippen LogP contribution is 2.36. The van der Waals surface area contributed by atoms with Crippen LogP contribution in [0.4, 0.5) is 0 Å². The summed E-state index contributed by atoms with van der Waals surface area (Å²) in [4.78, 5) is 15.3. The topological polar surface area (TPSA) is 54.7 Å². The number of nitrogens with one attached hydrogen (secondary N) is 1. The van der Waals surface area contributed by atoms with Crippen LogP contribution in [0.5, 0.6) is 5.75 Å². The first-order valence-corrected chi connectivity index (χ1v) is 9.92. The zero-order valence-electron chi connectivity index (χ0n) is 16.4. The van der Waals surface area contributed by atoms with Crippen LogP contribution in [0.2, 0.25) is 0 Å². The Labute approximate surface area is 176 Å². The molecule has 2 aromatic carbocycles. The second-order valence-electron chi connectivity index (χ2n) is 7.75. The van der Waals surface area contributed by atoms with Crippen LogP contribution in [-0.2, 0) is 0 Å². The number of methoxy groups -OCH3 is 1. The summed E-state index contributed by atoms with van der Waals surface area (Å²) >= 11 is 0. The minimum atomic E-state index is -0.124. The third kappa shape index (κ3) is 3.61. The van der Waals surface area contributed by atoms with Crippen molar-refractivity contribution in [2.24, 2.45) is 5.92 Å². The van der Waals surface area contributed by atoms with Crippen LogP contribution in [0.15, 0.2) is 52.9 Å². The third-order valence-corrected chi connectivity index (χ3v) is 6.14. The molecule has 1 aromatic heterocycles. The minimum Gasteiger partial charge on any atom is -0.496 e. The molecule has 1 N–H and O–H groups in total. The Balaban J connectivity index is 0.00000205. The highest BCUT2D eigenvalue weighted by atomic mass is 35.5. The number of furan rings is 1. The normalized spacial score (nSPS) is 22.9. The van der Waals surface area contributed by atoms with Crippen LogP contribution in [-0.4, -0.2) is 43.6 Å². The van der Waals surface area contributed by atoms with Gasteiger partial charge in [-0.3, -0.25) is 4.79 Å². The number of benzene rings is 2. The predicted octanol–water partition coefficient (Wildman–Crippen LogP) is 4.35. The lowest BCUT2D eigenvalue weighted by atomic mass is 9.84. The molecular formula is C23H25ClN2O3. The van der Waals surface area contributed by atoms with Gasteiger partial charge in [-0.1, -0.05) is 36.4 Å². The zero-order valence-corrected chi connectivity index (χ0v) is 17.2. The molecule has 5 nitrogen and oxygen atoms in total. The van der Waals surface area contributed by atoms with E-state index in [1.807, 2.05) is 48.5 Å². The molecule has 152 valence electrons. The molecule has 0 saturated carbocycles. The van der Waals surface area contributed by atoms with Gasteiger partial charge in [-0.25, -0.2) is 0 Å². The van der Waals surface area contributed by atoms with Crippen LogP contribution in [0, 0.1) is 5.92 Å². The van der Waals surface area contributed by atoms with E-state index in [2.05, 4.69) is 10.2 Å². The van der Waals surface area contributed by atoms with E-state index in [-0.39, 0.29) is 24.4 Å². The Bertz CT molecular complexity index is 1020. The second kappa shape index (κ2) is 8.09. The van der Waals surface area contributed by atoms with Gasteiger partial charge in [0.25, 0.3) is 5.91 Å². The zero-order chi connectivity index (χ0) is 19.1. The standard InChI is InChI=1S/C23H24N2O3.ClH/c1-27-20-8-3-2-6-17(20)18-7-4-5-16-13-21(28-22(16)18)23(26)24-19-14-25-11-9-15(19)10-12-25;/h2-8,13,15,19H,9-12,14H2,1H3,(H,24,26);1H. The van der Waals surface area contributed by atoms with Crippen LogP contribution >= 0.6 is 12.4 Å². The first-order valence-electron chi connectivity index (χ1n) is 9.92. The van der Waals surface area contributed by atoms with Gasteiger partial charge in [0, 0.05) is 29.1 Å². The van der Waals surface area contributed by atoms with Crippen molar-refractivity contribution in [2.45, 2.75) is 18.9 Å². The van der Waals surface area contributed by atoms with Crippen molar-refractivity contribution >= 4 is 29.3 Å². The van der Waals surface area contributed by atoms with Gasteiger partial charge in [0.05, 0.1) is 7.11 Å². The maximum Gasteiger partial charge on any atom is 0.287 e. The number of para-hydroxylation sites is 2. The average molecular weight is 413 g/mol. The molecule has 3 saturated heterocycles. The molecule has 1 atom stereocenters. The SMILES string of the molecule is COc1ccccc1-c1cccc2cc(C(=O)NC3CN4CCC3CC4)oc12.Cl. The quantitative estimate of drug-likeness (QED) is 0.692. The van der Waals surface area contributed by atoms with Gasteiger partial charge in [-0.2, -0.15) is 0 Å². The Hall–Kier alpha value is -2.50. The highest BCUT2D eigenvalue weighted by molar-refractivity contribution is 6.00. The number of piperidine rings is 3. The van der Waals surface area contributed by atoms with E-state index in [0.717, 1.165) is 41.9 Å². The van der Waals surface area contributed by atoms with Crippen LogP contribution in [0.3, 0.4) is 0 Å². The molecule has 29 heavy (non-hydrogen) atoms. The molecule has 3 aliphatic rings. The summed E-state index contributed by atoms with van der Waals surface area (Å²) < 4.78 is 11.6. The molecule has 6 heteroatoms. The van der Waals surface area contributed by atoms with E-state index in [1.54, 1.807) is 7.11 Å². The number of hydrogen-bond acceptors (Lipinski definition) is 4. The molecular weight excluding hydrogens is 388 g/mol. The number of hydrogen-bond donors (Lipinski definition) is 1. The molecule has 2 bridgehead atoms. The van der Waals surface area contributed by atoms with E-state index in [0.29, 0.717) is 17.3 Å². The Morgan fingerprint density at radius 2 is 1.86 bits per heavy atom. The minimum absolute atomic E-state index is 0. The molecule has 3 fully saturated rings. The summed E-state index contributed by atoms with van der Waals surface area (Å²) in [5.41, 5.74) is 2.59. The largest absolute Gasteiger partial charge is 0.496 e. The van der Waals surface area contributed by atoms with Crippen LogP contribution in [0.1, 0.15) is 23.4 Å². The van der Waals surface area contributed by atoms with E-state index in [9.17, 15) is 4.79 Å². The van der Waals surface area contributed by atoms with E-state index in [4.69, 9.17) is 9.15 Å². The monoisotopic (exact) mass is 412 g/mol. The first-order chi connectivity index (χ1) is 13.7. The molecule has 4 heterocycles. The van der Waals surface area contributed by atoms with Crippen molar-refractivity contribution in [1.82, 2.24) is 10.2 Å². The van der Waals surface area contributed by atoms with Gasteiger partial charge in [-0.15, -0.1) is 12.4 Å². The van der Waals surface area contributed by atoms with Gasteiger partial charge in [0.2, 0.25) is 0 Å². The van der Waals surface area contributed by atoms with Gasteiger partial charge >= 0.3 is 0 Å². The van der Waals surface area contributed by atoms with E-state index in [1.165, 1.54) is 12.8 Å². The molecule has 3 aliphatic heterocycles. The summed E-state index contributed by atoms with van der Waals surface area (Å²) in [6.07, 6.45) is 2.34. The van der Waals surface area contributed by atoms with Crippen molar-refractivity contribution in [3.8, 4) is 16.9 Å². The molecule has 0 radical (unpaired) electrons. The Morgan fingerprint density at radius 1 is 1.10 bits per heavy atom. The summed E-state index contributed by atoms with van der Waals surface area (Å²) in [7, 11) is 1.66. The second-order valence-corrected chi connectivity index (χ2v) is 7.75. The van der Waals surface area contributed by atoms with Gasteiger partial charge in [0.15, 0.2) is 5.76 Å². The lowest BCUT2D eigenvalue weighted by Crippen LogP contribution is -2.57. The summed E-state index contributed by atoms with van der Waals surface area (Å²) in [5, 5.41) is 4.13. The average Bonchev–Trinajstić information content (AvgIpc) is 3.19. The highest BCUT2D eigenvalue weighted by Gasteiger charge is 2.35. The maximum atomic E-state index is 12.9. The Kier molecular flexibility index (Phi) is 5.52. The van der Waals surface area contributed by atoms with E-state index >= 15 is 0 Å². The third-order valence-electron chi connectivity index (χ3n) is 6.14. The fourth-order valence-corrected chi connectivity index (χ4v) is 4.62. The van der Waals surface area contributed by atoms with Crippen molar-refractivity contribution < 1.29 is 13.9 Å². The maximum absolute atomic E-state index is 12.9. The predicted molar refractivity (Wildman–Crippen MR) is 116 cm³/mol. The van der Waals surface area contributed by atoms with Gasteiger partial charge < -0.3 is 19.4 Å². The number of rotatable bonds is 4. The molecule has 0 spiro atoms. The molecule has 6 rings (SSSR count).